The van der Waals surface area contributed by atoms with Gasteiger partial charge in [0.2, 0.25) is 5.89 Å². The van der Waals surface area contributed by atoms with E-state index < -0.39 is 0 Å². The van der Waals surface area contributed by atoms with Crippen LogP contribution in [0.4, 0.5) is 0 Å². The fraction of sp³-hybridized carbons (Fsp3) is 0.538. The molecule has 0 saturated carbocycles. The second-order valence-electron chi connectivity index (χ2n) is 4.47. The Morgan fingerprint density at radius 2 is 2.28 bits per heavy atom. The molecule has 0 fully saturated rings. The lowest BCUT2D eigenvalue weighted by Gasteiger charge is -2.07. The maximum absolute atomic E-state index is 6.07. The summed E-state index contributed by atoms with van der Waals surface area (Å²) < 4.78 is 7.12. The molecule has 5 nitrogen and oxygen atoms in total. The normalized spacial score (nSPS) is 12.8. The van der Waals surface area contributed by atoms with Crippen molar-refractivity contribution in [2.75, 3.05) is 0 Å². The first-order valence-corrected chi connectivity index (χ1v) is 6.45. The van der Waals surface area contributed by atoms with Gasteiger partial charge in [-0.1, -0.05) is 25.4 Å². The molecule has 0 aliphatic carbocycles. The minimum atomic E-state index is 0.118. The van der Waals surface area contributed by atoms with Crippen molar-refractivity contribution < 1.29 is 4.52 Å². The van der Waals surface area contributed by atoms with E-state index in [1.807, 2.05) is 17.7 Å². The van der Waals surface area contributed by atoms with Crippen LogP contribution in [0.5, 0.6) is 0 Å². The summed E-state index contributed by atoms with van der Waals surface area (Å²) in [5.41, 5.74) is 7.24. The van der Waals surface area contributed by atoms with E-state index in [1.54, 1.807) is 0 Å². The second-order valence-corrected chi connectivity index (χ2v) is 4.47. The Kier molecular flexibility index (Phi) is 4.15. The van der Waals surface area contributed by atoms with E-state index in [9.17, 15) is 0 Å². The molecule has 0 saturated heterocycles. The summed E-state index contributed by atoms with van der Waals surface area (Å²) in [5, 5.41) is 3.93. The predicted molar refractivity (Wildman–Crippen MR) is 69.0 cm³/mol. The summed E-state index contributed by atoms with van der Waals surface area (Å²) in [5.74, 6) is 1.39. The van der Waals surface area contributed by atoms with Crippen molar-refractivity contribution in [3.05, 3.63) is 35.7 Å². The molecule has 1 atom stereocenters. The first kappa shape index (κ1) is 12.8. The largest absolute Gasteiger partial charge is 0.346 e. The lowest BCUT2D eigenvalue weighted by molar-refractivity contribution is 0.375. The van der Waals surface area contributed by atoms with Crippen molar-refractivity contribution >= 4 is 0 Å². The van der Waals surface area contributed by atoms with Crippen LogP contribution in [-0.2, 0) is 13.0 Å². The summed E-state index contributed by atoms with van der Waals surface area (Å²) in [6.07, 6.45) is 6.93. The van der Waals surface area contributed by atoms with Gasteiger partial charge in [-0.25, -0.2) is 0 Å². The average Bonchev–Trinajstić information content (AvgIpc) is 2.99. The summed E-state index contributed by atoms with van der Waals surface area (Å²) in [7, 11) is 0. The molecule has 0 spiro atoms. The fourth-order valence-electron chi connectivity index (χ4n) is 1.92. The number of nitrogens with two attached hydrogens (primary N) is 1. The highest BCUT2D eigenvalue weighted by atomic mass is 16.5. The van der Waals surface area contributed by atoms with Crippen LogP contribution in [0, 0.1) is 0 Å². The van der Waals surface area contributed by atoms with E-state index in [1.165, 1.54) is 0 Å². The first-order chi connectivity index (χ1) is 8.72. The van der Waals surface area contributed by atoms with Crippen LogP contribution in [0.2, 0.25) is 0 Å². The molecule has 2 heterocycles. The number of hydrogen-bond acceptors (Lipinski definition) is 4. The van der Waals surface area contributed by atoms with Crippen molar-refractivity contribution in [1.82, 2.24) is 14.7 Å². The molecule has 0 aliphatic heterocycles. The van der Waals surface area contributed by atoms with E-state index in [-0.39, 0.29) is 6.04 Å². The molecule has 2 rings (SSSR count). The number of nitrogens with zero attached hydrogens (tertiary/aromatic N) is 3. The van der Waals surface area contributed by atoms with Gasteiger partial charge in [-0.15, -0.1) is 0 Å². The lowest BCUT2D eigenvalue weighted by atomic mass is 10.1. The third kappa shape index (κ3) is 2.98. The second kappa shape index (κ2) is 5.82. The smallest absolute Gasteiger partial charge is 0.226 e. The number of aryl methyl sites for hydroxylation is 1. The molecule has 0 aromatic carbocycles. The van der Waals surface area contributed by atoms with Crippen LogP contribution in [-0.4, -0.2) is 14.7 Å². The van der Waals surface area contributed by atoms with Gasteiger partial charge in [0.1, 0.15) is 0 Å². The zero-order valence-corrected chi connectivity index (χ0v) is 11.0. The van der Waals surface area contributed by atoms with Gasteiger partial charge in [0.15, 0.2) is 5.82 Å². The molecule has 0 aliphatic rings. The van der Waals surface area contributed by atoms with Gasteiger partial charge in [0.25, 0.3) is 0 Å². The van der Waals surface area contributed by atoms with Crippen LogP contribution in [0.3, 0.4) is 0 Å². The van der Waals surface area contributed by atoms with E-state index in [2.05, 4.69) is 29.3 Å². The molecule has 0 radical (unpaired) electrons. The van der Waals surface area contributed by atoms with Gasteiger partial charge in [0, 0.05) is 24.9 Å². The number of rotatable bonds is 6. The Labute approximate surface area is 107 Å². The molecule has 2 aromatic rings. The maximum Gasteiger partial charge on any atom is 0.226 e. The van der Waals surface area contributed by atoms with E-state index in [0.717, 1.165) is 24.8 Å². The van der Waals surface area contributed by atoms with E-state index >= 15 is 0 Å². The molecule has 2 aromatic heterocycles. The summed E-state index contributed by atoms with van der Waals surface area (Å²) in [6, 6.07) is 2.17. The quantitative estimate of drug-likeness (QED) is 0.851. The minimum Gasteiger partial charge on any atom is -0.346 e. The zero-order chi connectivity index (χ0) is 13.0. The van der Waals surface area contributed by atoms with Crippen molar-refractivity contribution in [3.8, 4) is 0 Å². The van der Waals surface area contributed by atoms with E-state index in [4.69, 9.17) is 10.3 Å². The molecule has 2 N–H and O–H groups in total. The van der Waals surface area contributed by atoms with Crippen LogP contribution < -0.4 is 5.73 Å². The number of aromatic nitrogens is 3. The third-order valence-electron chi connectivity index (χ3n) is 2.94. The molecule has 18 heavy (non-hydrogen) atoms. The van der Waals surface area contributed by atoms with Crippen molar-refractivity contribution in [2.24, 2.45) is 5.73 Å². The van der Waals surface area contributed by atoms with Gasteiger partial charge >= 0.3 is 0 Å². The molecular formula is C13H20N4O. The fourth-order valence-corrected chi connectivity index (χ4v) is 1.92. The Balaban J connectivity index is 2.01. The predicted octanol–water partition coefficient (Wildman–Crippen LogP) is 2.28. The Bertz CT molecular complexity index is 489. The van der Waals surface area contributed by atoms with Gasteiger partial charge < -0.3 is 14.8 Å². The highest BCUT2D eigenvalue weighted by Crippen LogP contribution is 2.16. The summed E-state index contributed by atoms with van der Waals surface area (Å²) in [4.78, 5) is 4.28. The SMILES string of the molecule is CCCC(N)c1ccn(Cc2noc(CC)n2)c1. The van der Waals surface area contributed by atoms with Crippen LogP contribution >= 0.6 is 0 Å². The Morgan fingerprint density at radius 1 is 1.44 bits per heavy atom. The minimum absolute atomic E-state index is 0.118. The highest BCUT2D eigenvalue weighted by Gasteiger charge is 2.08. The standard InChI is InChI=1S/C13H20N4O/c1-3-5-11(14)10-6-7-17(8-10)9-12-15-13(4-2)18-16-12/h6-8,11H,3-5,9,14H2,1-2H3. The summed E-state index contributed by atoms with van der Waals surface area (Å²) in [6.45, 7) is 4.76. The topological polar surface area (TPSA) is 69.9 Å². The summed E-state index contributed by atoms with van der Waals surface area (Å²) >= 11 is 0. The molecule has 1 unspecified atom stereocenters. The maximum atomic E-state index is 6.07. The van der Waals surface area contributed by atoms with Crippen molar-refractivity contribution in [2.45, 2.75) is 45.7 Å². The Morgan fingerprint density at radius 3 is 2.94 bits per heavy atom. The first-order valence-electron chi connectivity index (χ1n) is 6.45. The van der Waals surface area contributed by atoms with Crippen LogP contribution in [0.1, 0.15) is 50.0 Å². The van der Waals surface area contributed by atoms with Crippen molar-refractivity contribution in [3.63, 3.8) is 0 Å². The average molecular weight is 248 g/mol. The molecule has 0 bridgehead atoms. The Hall–Kier alpha value is -1.62. The van der Waals surface area contributed by atoms with Gasteiger partial charge in [-0.3, -0.25) is 0 Å². The number of hydrogen-bond donors (Lipinski definition) is 1. The molecule has 98 valence electrons. The zero-order valence-electron chi connectivity index (χ0n) is 11.0. The lowest BCUT2D eigenvalue weighted by Crippen LogP contribution is -2.08. The highest BCUT2D eigenvalue weighted by molar-refractivity contribution is 5.15. The third-order valence-corrected chi connectivity index (χ3v) is 2.94. The van der Waals surface area contributed by atoms with Crippen LogP contribution in [0.25, 0.3) is 0 Å². The molecule has 5 heteroatoms. The molecule has 0 amide bonds. The van der Waals surface area contributed by atoms with Gasteiger partial charge in [0.05, 0.1) is 6.54 Å². The molecular weight excluding hydrogens is 228 g/mol. The van der Waals surface area contributed by atoms with Crippen LogP contribution in [0.15, 0.2) is 23.0 Å². The van der Waals surface area contributed by atoms with Gasteiger partial charge in [-0.2, -0.15) is 4.98 Å². The monoisotopic (exact) mass is 248 g/mol. The van der Waals surface area contributed by atoms with E-state index in [0.29, 0.717) is 18.3 Å². The van der Waals surface area contributed by atoms with Gasteiger partial charge in [-0.05, 0) is 18.1 Å². The van der Waals surface area contributed by atoms with Crippen molar-refractivity contribution in [1.29, 1.82) is 0 Å².